The highest BCUT2D eigenvalue weighted by molar-refractivity contribution is 6.02. The number of rotatable bonds is 4. The normalized spacial score (nSPS) is 10.7. The van der Waals surface area contributed by atoms with Crippen molar-refractivity contribution in [1.29, 1.82) is 0 Å². The number of halogens is 1. The van der Waals surface area contributed by atoms with Gasteiger partial charge in [-0.25, -0.2) is 9.18 Å². The number of aromatic amines is 1. The van der Waals surface area contributed by atoms with Crippen LogP contribution in [0, 0.1) is 5.82 Å². The molecule has 1 heterocycles. The molecule has 1 aromatic carbocycles. The standard InChI is InChI=1S/C12H9FN4O3/c13-8-5-7(2-4-11(18)19)1-3-9(8)15-12(20)10-6-14-17-16-10/h1-6H,(H,15,20)(H,18,19)(H,14,16,17)/b4-2+. The first-order valence-corrected chi connectivity index (χ1v) is 5.44. The van der Waals surface area contributed by atoms with Gasteiger partial charge in [0.1, 0.15) is 5.82 Å². The fourth-order valence-electron chi connectivity index (χ4n) is 1.40. The minimum absolute atomic E-state index is 0.0271. The summed E-state index contributed by atoms with van der Waals surface area (Å²) in [4.78, 5) is 22.0. The number of nitrogens with one attached hydrogen (secondary N) is 2. The molecule has 0 saturated heterocycles. The molecule has 3 N–H and O–H groups in total. The molecule has 2 aromatic rings. The Balaban J connectivity index is 2.14. The summed E-state index contributed by atoms with van der Waals surface area (Å²) in [6.45, 7) is 0. The molecule has 2 rings (SSSR count). The number of carbonyl (C=O) groups excluding carboxylic acids is 1. The number of amides is 1. The largest absolute Gasteiger partial charge is 0.478 e. The van der Waals surface area contributed by atoms with E-state index in [1.165, 1.54) is 24.4 Å². The molecule has 0 fully saturated rings. The van der Waals surface area contributed by atoms with Crippen LogP contribution in [0.1, 0.15) is 16.1 Å². The van der Waals surface area contributed by atoms with Crippen LogP contribution in [0.5, 0.6) is 0 Å². The summed E-state index contributed by atoms with van der Waals surface area (Å²) in [6.07, 6.45) is 3.34. The molecule has 0 atom stereocenters. The molecule has 102 valence electrons. The van der Waals surface area contributed by atoms with E-state index in [2.05, 4.69) is 20.7 Å². The molecular formula is C12H9FN4O3. The third-order valence-corrected chi connectivity index (χ3v) is 2.31. The summed E-state index contributed by atoms with van der Waals surface area (Å²) in [5.41, 5.74) is 0.356. The van der Waals surface area contributed by atoms with Gasteiger partial charge in [0.2, 0.25) is 0 Å². The topological polar surface area (TPSA) is 108 Å². The second-order valence-electron chi connectivity index (χ2n) is 3.72. The van der Waals surface area contributed by atoms with Crippen molar-refractivity contribution in [3.05, 3.63) is 47.5 Å². The average Bonchev–Trinajstić information content (AvgIpc) is 2.93. The van der Waals surface area contributed by atoms with Crippen LogP contribution in [-0.2, 0) is 4.79 Å². The number of nitrogens with zero attached hydrogens (tertiary/aromatic N) is 2. The Hall–Kier alpha value is -3.03. The second-order valence-corrected chi connectivity index (χ2v) is 3.72. The number of hydrogen-bond donors (Lipinski definition) is 3. The molecule has 0 aliphatic carbocycles. The Morgan fingerprint density at radius 3 is 2.80 bits per heavy atom. The van der Waals surface area contributed by atoms with Crippen LogP contribution in [0.3, 0.4) is 0 Å². The lowest BCUT2D eigenvalue weighted by molar-refractivity contribution is -0.131. The van der Waals surface area contributed by atoms with Gasteiger partial charge in [-0.1, -0.05) is 6.07 Å². The number of anilines is 1. The number of hydrogen-bond acceptors (Lipinski definition) is 4. The van der Waals surface area contributed by atoms with Crippen LogP contribution in [-0.4, -0.2) is 32.4 Å². The highest BCUT2D eigenvalue weighted by Gasteiger charge is 2.11. The van der Waals surface area contributed by atoms with Crippen LogP contribution < -0.4 is 5.32 Å². The maximum atomic E-state index is 13.7. The van der Waals surface area contributed by atoms with E-state index >= 15 is 0 Å². The van der Waals surface area contributed by atoms with Gasteiger partial charge in [-0.05, 0) is 23.8 Å². The smallest absolute Gasteiger partial charge is 0.328 e. The molecule has 0 unspecified atom stereocenters. The molecular weight excluding hydrogens is 267 g/mol. The molecule has 0 radical (unpaired) electrons. The van der Waals surface area contributed by atoms with E-state index in [1.54, 1.807) is 0 Å². The van der Waals surface area contributed by atoms with E-state index in [0.717, 1.165) is 12.1 Å². The SMILES string of the molecule is O=C(O)/C=C/c1ccc(NC(=O)c2cn[nH]n2)c(F)c1. The van der Waals surface area contributed by atoms with Gasteiger partial charge >= 0.3 is 5.97 Å². The van der Waals surface area contributed by atoms with Crippen molar-refractivity contribution in [2.24, 2.45) is 0 Å². The summed E-state index contributed by atoms with van der Waals surface area (Å²) in [7, 11) is 0. The van der Waals surface area contributed by atoms with E-state index in [9.17, 15) is 14.0 Å². The molecule has 20 heavy (non-hydrogen) atoms. The minimum Gasteiger partial charge on any atom is -0.478 e. The van der Waals surface area contributed by atoms with Crippen molar-refractivity contribution in [2.45, 2.75) is 0 Å². The molecule has 1 aromatic heterocycles. The van der Waals surface area contributed by atoms with Crippen molar-refractivity contribution in [2.75, 3.05) is 5.32 Å². The summed E-state index contributed by atoms with van der Waals surface area (Å²) >= 11 is 0. The number of benzene rings is 1. The lowest BCUT2D eigenvalue weighted by Gasteiger charge is -2.05. The number of aromatic nitrogens is 3. The summed E-state index contributed by atoms with van der Waals surface area (Å²) < 4.78 is 13.7. The number of carbonyl (C=O) groups is 2. The van der Waals surface area contributed by atoms with Crippen molar-refractivity contribution in [3.8, 4) is 0 Å². The van der Waals surface area contributed by atoms with Crippen molar-refractivity contribution in [1.82, 2.24) is 15.4 Å². The van der Waals surface area contributed by atoms with E-state index in [-0.39, 0.29) is 11.4 Å². The van der Waals surface area contributed by atoms with E-state index in [4.69, 9.17) is 5.11 Å². The molecule has 0 aliphatic heterocycles. The molecule has 0 aliphatic rings. The van der Waals surface area contributed by atoms with Crippen molar-refractivity contribution >= 4 is 23.6 Å². The molecule has 1 amide bonds. The van der Waals surface area contributed by atoms with Gasteiger partial charge in [0, 0.05) is 6.08 Å². The zero-order valence-electron chi connectivity index (χ0n) is 10.0. The number of carboxylic acids is 1. The molecule has 7 nitrogen and oxygen atoms in total. The van der Waals surface area contributed by atoms with Crippen LogP contribution in [0.15, 0.2) is 30.5 Å². The first-order chi connectivity index (χ1) is 9.56. The quantitative estimate of drug-likeness (QED) is 0.729. The number of carboxylic acid groups (broad SMARTS) is 1. The van der Waals surface area contributed by atoms with E-state index in [1.807, 2.05) is 0 Å². The lowest BCUT2D eigenvalue weighted by Crippen LogP contribution is -2.13. The Morgan fingerprint density at radius 1 is 1.40 bits per heavy atom. The molecule has 8 heteroatoms. The average molecular weight is 276 g/mol. The number of H-pyrrole nitrogens is 1. The molecule has 0 saturated carbocycles. The van der Waals surface area contributed by atoms with E-state index in [0.29, 0.717) is 5.56 Å². The van der Waals surface area contributed by atoms with Gasteiger partial charge in [-0.3, -0.25) is 4.79 Å². The van der Waals surface area contributed by atoms with Crippen LogP contribution in [0.25, 0.3) is 6.08 Å². The zero-order chi connectivity index (χ0) is 14.5. The second kappa shape index (κ2) is 5.74. The Labute approximate surface area is 112 Å². The number of aliphatic carboxylic acids is 1. The van der Waals surface area contributed by atoms with Gasteiger partial charge in [-0.15, -0.1) is 0 Å². The maximum absolute atomic E-state index is 13.7. The highest BCUT2D eigenvalue weighted by Crippen LogP contribution is 2.17. The Morgan fingerprint density at radius 2 is 2.20 bits per heavy atom. The first-order valence-electron chi connectivity index (χ1n) is 5.44. The molecule has 0 spiro atoms. The predicted octanol–water partition coefficient (Wildman–Crippen LogP) is 1.29. The summed E-state index contributed by atoms with van der Waals surface area (Å²) in [5.74, 6) is -2.42. The van der Waals surface area contributed by atoms with Crippen molar-refractivity contribution < 1.29 is 19.1 Å². The summed E-state index contributed by atoms with van der Waals surface area (Å²) in [6, 6.07) is 3.91. The van der Waals surface area contributed by atoms with Gasteiger partial charge in [0.15, 0.2) is 5.69 Å². The van der Waals surface area contributed by atoms with Crippen LogP contribution in [0.4, 0.5) is 10.1 Å². The Bertz CT molecular complexity index is 667. The third-order valence-electron chi connectivity index (χ3n) is 2.31. The predicted molar refractivity (Wildman–Crippen MR) is 67.4 cm³/mol. The van der Waals surface area contributed by atoms with Gasteiger partial charge in [-0.2, -0.15) is 15.4 Å². The van der Waals surface area contributed by atoms with E-state index < -0.39 is 17.7 Å². The lowest BCUT2D eigenvalue weighted by atomic mass is 10.2. The van der Waals surface area contributed by atoms with Gasteiger partial charge in [0.25, 0.3) is 5.91 Å². The maximum Gasteiger partial charge on any atom is 0.328 e. The highest BCUT2D eigenvalue weighted by atomic mass is 19.1. The Kier molecular flexibility index (Phi) is 3.85. The van der Waals surface area contributed by atoms with Gasteiger partial charge in [0.05, 0.1) is 11.9 Å². The van der Waals surface area contributed by atoms with Crippen LogP contribution in [0.2, 0.25) is 0 Å². The third kappa shape index (κ3) is 3.25. The minimum atomic E-state index is -1.13. The summed E-state index contributed by atoms with van der Waals surface area (Å²) in [5, 5.41) is 20.1. The fraction of sp³-hybridized carbons (Fsp3) is 0. The van der Waals surface area contributed by atoms with Crippen LogP contribution >= 0.6 is 0 Å². The van der Waals surface area contributed by atoms with Gasteiger partial charge < -0.3 is 10.4 Å². The monoisotopic (exact) mass is 276 g/mol. The van der Waals surface area contributed by atoms with Crippen molar-refractivity contribution in [3.63, 3.8) is 0 Å². The zero-order valence-corrected chi connectivity index (χ0v) is 10.0. The fourth-order valence-corrected chi connectivity index (χ4v) is 1.40. The first kappa shape index (κ1) is 13.4. The molecule has 0 bridgehead atoms.